The van der Waals surface area contributed by atoms with E-state index in [1.807, 2.05) is 0 Å². The molecule has 1 saturated heterocycles. The van der Waals surface area contributed by atoms with Gasteiger partial charge in [0.15, 0.2) is 0 Å². The van der Waals surface area contributed by atoms with Crippen LogP contribution in [0.15, 0.2) is 30.3 Å². The first-order chi connectivity index (χ1) is 9.70. The molecule has 0 bridgehead atoms. The highest BCUT2D eigenvalue weighted by atomic mass is 16.3. The Balaban J connectivity index is 1.95. The van der Waals surface area contributed by atoms with Crippen molar-refractivity contribution >= 4 is 0 Å². The maximum atomic E-state index is 9.35. The van der Waals surface area contributed by atoms with E-state index in [1.165, 1.54) is 31.5 Å². The molecule has 3 heteroatoms. The fraction of sp³-hybridized carbons (Fsp3) is 0.647. The van der Waals surface area contributed by atoms with Crippen LogP contribution in [0.3, 0.4) is 0 Å². The molecule has 1 heterocycles. The van der Waals surface area contributed by atoms with Gasteiger partial charge in [0.2, 0.25) is 0 Å². The predicted octanol–water partition coefficient (Wildman–Crippen LogP) is 2.38. The number of likely N-dealkylation sites (tertiary alicyclic amines) is 1. The highest BCUT2D eigenvalue weighted by molar-refractivity contribution is 5.19. The Morgan fingerprint density at radius 2 is 1.90 bits per heavy atom. The Morgan fingerprint density at radius 1 is 1.25 bits per heavy atom. The Bertz CT molecular complexity index is 374. The number of rotatable bonds is 6. The van der Waals surface area contributed by atoms with E-state index in [-0.39, 0.29) is 6.61 Å². The number of aliphatic hydroxyl groups is 1. The summed E-state index contributed by atoms with van der Waals surface area (Å²) in [7, 11) is 4.41. The summed E-state index contributed by atoms with van der Waals surface area (Å²) in [6, 6.07) is 10.9. The van der Waals surface area contributed by atoms with Crippen LogP contribution in [-0.2, 0) is 0 Å². The second-order valence-electron chi connectivity index (χ2n) is 6.12. The van der Waals surface area contributed by atoms with Crippen molar-refractivity contribution in [1.29, 1.82) is 0 Å². The van der Waals surface area contributed by atoms with Gasteiger partial charge in [-0.15, -0.1) is 0 Å². The average molecular weight is 276 g/mol. The van der Waals surface area contributed by atoms with E-state index in [2.05, 4.69) is 54.2 Å². The minimum absolute atomic E-state index is 0.247. The van der Waals surface area contributed by atoms with Crippen LogP contribution in [0.2, 0.25) is 0 Å². The number of nitrogens with zero attached hydrogens (tertiary/aromatic N) is 2. The number of benzene rings is 1. The molecule has 0 spiro atoms. The molecule has 1 N–H and O–H groups in total. The van der Waals surface area contributed by atoms with Crippen LogP contribution >= 0.6 is 0 Å². The molecular weight excluding hydrogens is 248 g/mol. The zero-order valence-electron chi connectivity index (χ0n) is 12.8. The molecule has 1 unspecified atom stereocenters. The minimum atomic E-state index is 0.247. The van der Waals surface area contributed by atoms with Crippen molar-refractivity contribution in [3.8, 4) is 0 Å². The molecular formula is C17H28N2O. The Labute approximate surface area is 123 Å². The van der Waals surface area contributed by atoms with Crippen LogP contribution in [0.1, 0.15) is 30.9 Å². The number of aliphatic hydroxyl groups excluding tert-OH is 1. The lowest BCUT2D eigenvalue weighted by Gasteiger charge is -2.35. The quantitative estimate of drug-likeness (QED) is 0.864. The molecule has 2 rings (SSSR count). The summed E-state index contributed by atoms with van der Waals surface area (Å²) in [6.45, 7) is 3.81. The standard InChI is InChI=1S/C17H28N2O/c1-18-11-8-15(9-12-18)14-19(2)17(10-13-20)16-6-4-3-5-7-16/h3-7,15,17,20H,8-14H2,1-2H3. The Kier molecular flexibility index (Phi) is 6.02. The summed E-state index contributed by atoms with van der Waals surface area (Å²) >= 11 is 0. The number of hydrogen-bond donors (Lipinski definition) is 1. The summed E-state index contributed by atoms with van der Waals surface area (Å²) in [5.74, 6) is 0.793. The molecule has 0 saturated carbocycles. The third-order valence-corrected chi connectivity index (χ3v) is 4.50. The molecule has 20 heavy (non-hydrogen) atoms. The molecule has 0 amide bonds. The van der Waals surface area contributed by atoms with E-state index in [0.717, 1.165) is 18.9 Å². The first kappa shape index (κ1) is 15.5. The van der Waals surface area contributed by atoms with Crippen LogP contribution < -0.4 is 0 Å². The van der Waals surface area contributed by atoms with Gasteiger partial charge >= 0.3 is 0 Å². The lowest BCUT2D eigenvalue weighted by Crippen LogP contribution is -2.37. The monoisotopic (exact) mass is 276 g/mol. The highest BCUT2D eigenvalue weighted by Crippen LogP contribution is 2.26. The second-order valence-corrected chi connectivity index (χ2v) is 6.12. The molecule has 3 nitrogen and oxygen atoms in total. The van der Waals surface area contributed by atoms with Gasteiger partial charge in [0.25, 0.3) is 0 Å². The fourth-order valence-corrected chi connectivity index (χ4v) is 3.22. The Hall–Kier alpha value is -0.900. The van der Waals surface area contributed by atoms with Gasteiger partial charge in [-0.2, -0.15) is 0 Å². The molecule has 112 valence electrons. The third kappa shape index (κ3) is 4.30. The normalized spacial score (nSPS) is 19.4. The summed E-state index contributed by atoms with van der Waals surface area (Å²) in [4.78, 5) is 4.85. The molecule has 1 fully saturated rings. The SMILES string of the molecule is CN1CCC(CN(C)C(CCO)c2ccccc2)CC1. The van der Waals surface area contributed by atoms with Crippen molar-refractivity contribution in [3.63, 3.8) is 0 Å². The van der Waals surface area contributed by atoms with Crippen molar-refractivity contribution in [1.82, 2.24) is 9.80 Å². The van der Waals surface area contributed by atoms with E-state index in [4.69, 9.17) is 0 Å². The van der Waals surface area contributed by atoms with Crippen molar-refractivity contribution in [2.45, 2.75) is 25.3 Å². The largest absolute Gasteiger partial charge is 0.396 e. The highest BCUT2D eigenvalue weighted by Gasteiger charge is 2.22. The number of piperidine rings is 1. The van der Waals surface area contributed by atoms with Gasteiger partial charge in [-0.25, -0.2) is 0 Å². The molecule has 1 aliphatic rings. The third-order valence-electron chi connectivity index (χ3n) is 4.50. The first-order valence-electron chi connectivity index (χ1n) is 7.75. The zero-order valence-corrected chi connectivity index (χ0v) is 12.8. The van der Waals surface area contributed by atoms with Gasteiger partial charge in [-0.1, -0.05) is 30.3 Å². The van der Waals surface area contributed by atoms with E-state index in [1.54, 1.807) is 0 Å². The van der Waals surface area contributed by atoms with Crippen molar-refractivity contribution < 1.29 is 5.11 Å². The number of hydrogen-bond acceptors (Lipinski definition) is 3. The maximum Gasteiger partial charge on any atom is 0.0449 e. The van der Waals surface area contributed by atoms with Gasteiger partial charge in [-0.05, 0) is 57.9 Å². The van der Waals surface area contributed by atoms with Crippen LogP contribution in [0.5, 0.6) is 0 Å². The van der Waals surface area contributed by atoms with E-state index >= 15 is 0 Å². The fourth-order valence-electron chi connectivity index (χ4n) is 3.22. The van der Waals surface area contributed by atoms with E-state index in [9.17, 15) is 5.11 Å². The van der Waals surface area contributed by atoms with Crippen LogP contribution in [0, 0.1) is 5.92 Å². The van der Waals surface area contributed by atoms with Gasteiger partial charge in [0.05, 0.1) is 0 Å². The van der Waals surface area contributed by atoms with Gasteiger partial charge in [0.1, 0.15) is 0 Å². The molecule has 1 atom stereocenters. The smallest absolute Gasteiger partial charge is 0.0449 e. The molecule has 1 aromatic rings. The zero-order chi connectivity index (χ0) is 14.4. The lowest BCUT2D eigenvalue weighted by atomic mass is 9.94. The minimum Gasteiger partial charge on any atom is -0.396 e. The van der Waals surface area contributed by atoms with Crippen molar-refractivity contribution in [2.24, 2.45) is 5.92 Å². The summed E-state index contributed by atoms with van der Waals surface area (Å²) < 4.78 is 0. The van der Waals surface area contributed by atoms with Gasteiger partial charge in [0, 0.05) is 19.2 Å². The molecule has 0 aromatic heterocycles. The summed E-state index contributed by atoms with van der Waals surface area (Å²) in [5, 5.41) is 9.35. The van der Waals surface area contributed by atoms with E-state index < -0.39 is 0 Å². The molecule has 0 radical (unpaired) electrons. The van der Waals surface area contributed by atoms with Crippen molar-refractivity contribution in [2.75, 3.05) is 40.3 Å². The molecule has 1 aromatic carbocycles. The van der Waals surface area contributed by atoms with Crippen LogP contribution in [-0.4, -0.2) is 55.2 Å². The van der Waals surface area contributed by atoms with Gasteiger partial charge < -0.3 is 10.0 Å². The molecule has 0 aliphatic carbocycles. The van der Waals surface area contributed by atoms with E-state index in [0.29, 0.717) is 6.04 Å². The summed E-state index contributed by atoms with van der Waals surface area (Å²) in [5.41, 5.74) is 1.32. The first-order valence-corrected chi connectivity index (χ1v) is 7.75. The average Bonchev–Trinajstić information content (AvgIpc) is 2.48. The predicted molar refractivity (Wildman–Crippen MR) is 83.7 cm³/mol. The summed E-state index contributed by atoms with van der Waals surface area (Å²) in [6.07, 6.45) is 3.40. The van der Waals surface area contributed by atoms with Gasteiger partial charge in [-0.3, -0.25) is 4.90 Å². The van der Waals surface area contributed by atoms with Crippen molar-refractivity contribution in [3.05, 3.63) is 35.9 Å². The second kappa shape index (κ2) is 7.77. The molecule has 1 aliphatic heterocycles. The lowest BCUT2D eigenvalue weighted by molar-refractivity contribution is 0.132. The topological polar surface area (TPSA) is 26.7 Å². The Morgan fingerprint density at radius 3 is 2.50 bits per heavy atom. The maximum absolute atomic E-state index is 9.35. The van der Waals surface area contributed by atoms with Crippen LogP contribution in [0.25, 0.3) is 0 Å². The van der Waals surface area contributed by atoms with Crippen LogP contribution in [0.4, 0.5) is 0 Å².